The van der Waals surface area contributed by atoms with Gasteiger partial charge in [-0.1, -0.05) is 36.8 Å². The van der Waals surface area contributed by atoms with Crippen molar-refractivity contribution >= 4 is 9.84 Å². The third-order valence-electron chi connectivity index (χ3n) is 4.13. The van der Waals surface area contributed by atoms with Crippen LogP contribution in [-0.4, -0.2) is 38.2 Å². The van der Waals surface area contributed by atoms with Crippen LogP contribution in [0.1, 0.15) is 30.1 Å². The maximum Gasteiger partial charge on any atom is 0.160 e. The van der Waals surface area contributed by atoms with Crippen LogP contribution >= 0.6 is 0 Å². The first-order valence-corrected chi connectivity index (χ1v) is 8.40. The van der Waals surface area contributed by atoms with Gasteiger partial charge in [0.25, 0.3) is 0 Å². The van der Waals surface area contributed by atoms with E-state index in [1.165, 1.54) is 19.3 Å². The lowest BCUT2D eigenvalue weighted by Gasteiger charge is -2.45. The van der Waals surface area contributed by atoms with Crippen LogP contribution < -0.4 is 0 Å². The fourth-order valence-electron chi connectivity index (χ4n) is 3.17. The molecular formula is C14H19NO2S. The number of hydrogen-bond acceptors (Lipinski definition) is 3. The van der Waals surface area contributed by atoms with Gasteiger partial charge in [0.1, 0.15) is 5.25 Å². The van der Waals surface area contributed by atoms with Crippen LogP contribution in [0.25, 0.3) is 0 Å². The van der Waals surface area contributed by atoms with Crippen molar-refractivity contribution in [1.82, 2.24) is 4.90 Å². The van der Waals surface area contributed by atoms with Gasteiger partial charge < -0.3 is 0 Å². The minimum absolute atomic E-state index is 0.206. The van der Waals surface area contributed by atoms with E-state index in [0.717, 1.165) is 18.7 Å². The summed E-state index contributed by atoms with van der Waals surface area (Å²) in [5, 5.41) is -0.295. The summed E-state index contributed by atoms with van der Waals surface area (Å²) in [6.07, 6.45) is 3.70. The number of piperidine rings is 1. The lowest BCUT2D eigenvalue weighted by molar-refractivity contribution is 0.158. The van der Waals surface area contributed by atoms with Gasteiger partial charge in [-0.05, 0) is 31.5 Å². The number of nitrogens with zero attached hydrogens (tertiary/aromatic N) is 1. The summed E-state index contributed by atoms with van der Waals surface area (Å²) in [7, 11) is -2.92. The normalized spacial score (nSPS) is 31.8. The zero-order valence-electron chi connectivity index (χ0n) is 10.5. The van der Waals surface area contributed by atoms with Gasteiger partial charge in [0, 0.05) is 6.04 Å². The highest BCUT2D eigenvalue weighted by Gasteiger charge is 2.49. The Hall–Kier alpha value is -0.870. The van der Waals surface area contributed by atoms with Crippen LogP contribution in [0, 0.1) is 0 Å². The summed E-state index contributed by atoms with van der Waals surface area (Å²) in [4.78, 5) is 2.38. The molecule has 2 aliphatic rings. The SMILES string of the molecule is O=S1(=O)CC(N2CCCCC2)C1c1ccccc1. The molecule has 18 heavy (non-hydrogen) atoms. The fraction of sp³-hybridized carbons (Fsp3) is 0.571. The van der Waals surface area contributed by atoms with Gasteiger partial charge in [0.15, 0.2) is 9.84 Å². The molecule has 0 N–H and O–H groups in total. The number of hydrogen-bond donors (Lipinski definition) is 0. The van der Waals surface area contributed by atoms with Crippen molar-refractivity contribution in [2.45, 2.75) is 30.6 Å². The zero-order valence-corrected chi connectivity index (χ0v) is 11.3. The van der Waals surface area contributed by atoms with Crippen molar-refractivity contribution in [3.63, 3.8) is 0 Å². The largest absolute Gasteiger partial charge is 0.298 e. The second kappa shape index (κ2) is 4.67. The van der Waals surface area contributed by atoms with Crippen molar-refractivity contribution in [3.8, 4) is 0 Å². The number of likely N-dealkylation sites (tertiary alicyclic amines) is 1. The molecule has 0 aromatic heterocycles. The van der Waals surface area contributed by atoms with Crippen LogP contribution in [0.5, 0.6) is 0 Å². The molecule has 3 rings (SSSR count). The van der Waals surface area contributed by atoms with Crippen LogP contribution in [0.15, 0.2) is 30.3 Å². The first-order valence-electron chi connectivity index (χ1n) is 6.69. The van der Waals surface area contributed by atoms with E-state index in [9.17, 15) is 8.42 Å². The smallest absolute Gasteiger partial charge is 0.160 e. The van der Waals surface area contributed by atoms with Crippen LogP contribution in [0.2, 0.25) is 0 Å². The molecule has 0 amide bonds. The third kappa shape index (κ3) is 2.08. The summed E-state index contributed by atoms with van der Waals surface area (Å²) >= 11 is 0. The summed E-state index contributed by atoms with van der Waals surface area (Å²) in [5.41, 5.74) is 0.958. The average Bonchev–Trinajstić information content (AvgIpc) is 2.38. The molecular weight excluding hydrogens is 246 g/mol. The van der Waals surface area contributed by atoms with Gasteiger partial charge in [-0.15, -0.1) is 0 Å². The zero-order chi connectivity index (χ0) is 12.6. The molecule has 2 saturated heterocycles. The topological polar surface area (TPSA) is 37.4 Å². The lowest BCUT2D eigenvalue weighted by atomic mass is 10.0. The molecule has 2 heterocycles. The van der Waals surface area contributed by atoms with E-state index in [-0.39, 0.29) is 11.3 Å². The Kier molecular flexibility index (Phi) is 3.16. The Bertz CT molecular complexity index is 506. The van der Waals surface area contributed by atoms with Crippen LogP contribution in [-0.2, 0) is 9.84 Å². The first-order chi connectivity index (χ1) is 8.68. The molecule has 98 valence electrons. The van der Waals surface area contributed by atoms with Gasteiger partial charge >= 0.3 is 0 Å². The molecule has 1 aromatic carbocycles. The Morgan fingerprint density at radius 1 is 1.00 bits per heavy atom. The molecule has 0 bridgehead atoms. The molecule has 3 nitrogen and oxygen atoms in total. The molecule has 2 atom stereocenters. The highest BCUT2D eigenvalue weighted by Crippen LogP contribution is 2.40. The second-order valence-electron chi connectivity index (χ2n) is 5.32. The maximum atomic E-state index is 12.0. The van der Waals surface area contributed by atoms with E-state index in [0.29, 0.717) is 5.75 Å². The van der Waals surface area contributed by atoms with Crippen LogP contribution in [0.4, 0.5) is 0 Å². The second-order valence-corrected chi connectivity index (χ2v) is 7.49. The Morgan fingerprint density at radius 3 is 2.28 bits per heavy atom. The van der Waals surface area contributed by atoms with Gasteiger partial charge in [-0.2, -0.15) is 0 Å². The quantitative estimate of drug-likeness (QED) is 0.821. The molecule has 4 heteroatoms. The Balaban J connectivity index is 1.84. The minimum Gasteiger partial charge on any atom is -0.298 e. The molecule has 2 aliphatic heterocycles. The first kappa shape index (κ1) is 12.2. The molecule has 2 unspecified atom stereocenters. The Morgan fingerprint density at radius 2 is 1.67 bits per heavy atom. The third-order valence-corrected chi connectivity index (χ3v) is 6.29. The van der Waals surface area contributed by atoms with E-state index in [2.05, 4.69) is 4.90 Å². The van der Waals surface area contributed by atoms with Gasteiger partial charge in [-0.25, -0.2) is 8.42 Å². The highest BCUT2D eigenvalue weighted by atomic mass is 32.2. The minimum atomic E-state index is -2.92. The standard InChI is InChI=1S/C14H19NO2S/c16-18(17)11-13(15-9-5-2-6-10-15)14(18)12-7-3-1-4-8-12/h1,3-4,7-8,13-14H,2,5-6,9-11H2. The summed E-state index contributed by atoms with van der Waals surface area (Å²) in [6.45, 7) is 2.12. The Labute approximate surface area is 109 Å². The van der Waals surface area contributed by atoms with E-state index in [1.54, 1.807) is 0 Å². The predicted octanol–water partition coefficient (Wildman–Crippen LogP) is 2.01. The molecule has 1 aromatic rings. The molecule has 0 radical (unpaired) electrons. The summed E-state index contributed by atoms with van der Waals surface area (Å²) in [6, 6.07) is 9.88. The van der Waals surface area contributed by atoms with Crippen molar-refractivity contribution in [2.75, 3.05) is 18.8 Å². The number of rotatable bonds is 2. The molecule has 0 saturated carbocycles. The molecule has 2 fully saturated rings. The summed E-state index contributed by atoms with van der Waals surface area (Å²) < 4.78 is 24.1. The lowest BCUT2D eigenvalue weighted by Crippen LogP contribution is -2.56. The van der Waals surface area contributed by atoms with Crippen molar-refractivity contribution < 1.29 is 8.42 Å². The molecule has 0 aliphatic carbocycles. The maximum absolute atomic E-state index is 12.0. The van der Waals surface area contributed by atoms with E-state index in [1.807, 2.05) is 30.3 Å². The van der Waals surface area contributed by atoms with Gasteiger partial charge in [-0.3, -0.25) is 4.90 Å². The van der Waals surface area contributed by atoms with Crippen molar-refractivity contribution in [2.24, 2.45) is 0 Å². The van der Waals surface area contributed by atoms with E-state index >= 15 is 0 Å². The van der Waals surface area contributed by atoms with E-state index < -0.39 is 9.84 Å². The highest BCUT2D eigenvalue weighted by molar-refractivity contribution is 7.93. The monoisotopic (exact) mass is 265 g/mol. The fourth-order valence-corrected chi connectivity index (χ4v) is 5.21. The van der Waals surface area contributed by atoms with Gasteiger partial charge in [0.2, 0.25) is 0 Å². The average molecular weight is 265 g/mol. The van der Waals surface area contributed by atoms with Crippen molar-refractivity contribution in [3.05, 3.63) is 35.9 Å². The van der Waals surface area contributed by atoms with Crippen molar-refractivity contribution in [1.29, 1.82) is 0 Å². The van der Waals surface area contributed by atoms with Crippen LogP contribution in [0.3, 0.4) is 0 Å². The van der Waals surface area contributed by atoms with Gasteiger partial charge in [0.05, 0.1) is 5.75 Å². The molecule has 0 spiro atoms. The predicted molar refractivity (Wildman–Crippen MR) is 72.2 cm³/mol. The van der Waals surface area contributed by atoms with E-state index in [4.69, 9.17) is 0 Å². The summed E-state index contributed by atoms with van der Waals surface area (Å²) in [5.74, 6) is 0.340. The number of sulfone groups is 1. The number of benzene rings is 1.